The number of carbonyl (C=O) groups excluding carboxylic acids is 1. The minimum Gasteiger partial charge on any atom is -0.481 e. The highest BCUT2D eigenvalue weighted by molar-refractivity contribution is 9.10. The topological polar surface area (TPSA) is 75.6 Å². The van der Waals surface area contributed by atoms with Crippen LogP contribution in [0.4, 0.5) is 4.79 Å². The van der Waals surface area contributed by atoms with Crippen LogP contribution in [0.3, 0.4) is 0 Å². The standard InChI is InChI=1S/C25H22BrNO4/c1-15-12-16(26)10-11-17(15)23(13-24(28)29)27-25(30)31-14-22-20-8-4-2-6-18(20)19-7-3-5-9-21(19)22/h2-12,22-23H,13-14H2,1H3,(H,27,30)(H,28,29)/t23-/m0/s1. The first-order valence-corrected chi connectivity index (χ1v) is 10.8. The molecular formula is C25H22BrNO4. The van der Waals surface area contributed by atoms with Crippen molar-refractivity contribution in [3.63, 3.8) is 0 Å². The van der Waals surface area contributed by atoms with Gasteiger partial charge in [-0.15, -0.1) is 0 Å². The van der Waals surface area contributed by atoms with Gasteiger partial charge in [0.25, 0.3) is 0 Å². The molecule has 158 valence electrons. The van der Waals surface area contributed by atoms with Crippen LogP contribution in [0.2, 0.25) is 0 Å². The van der Waals surface area contributed by atoms with E-state index in [9.17, 15) is 14.7 Å². The number of nitrogens with one attached hydrogen (secondary N) is 1. The molecule has 1 atom stereocenters. The number of carboxylic acids is 1. The highest BCUT2D eigenvalue weighted by Gasteiger charge is 2.29. The Balaban J connectivity index is 1.50. The largest absolute Gasteiger partial charge is 0.481 e. The van der Waals surface area contributed by atoms with Gasteiger partial charge in [0, 0.05) is 10.4 Å². The number of amides is 1. The van der Waals surface area contributed by atoms with Crippen molar-refractivity contribution in [2.24, 2.45) is 0 Å². The smallest absolute Gasteiger partial charge is 0.407 e. The summed E-state index contributed by atoms with van der Waals surface area (Å²) < 4.78 is 6.48. The number of carbonyl (C=O) groups is 2. The second-order valence-corrected chi connectivity index (χ2v) is 8.54. The molecule has 6 heteroatoms. The SMILES string of the molecule is Cc1cc(Br)ccc1[C@H](CC(=O)O)NC(=O)OCC1c2ccccc2-c2ccccc21. The average molecular weight is 480 g/mol. The molecular weight excluding hydrogens is 458 g/mol. The van der Waals surface area contributed by atoms with E-state index in [2.05, 4.69) is 45.5 Å². The summed E-state index contributed by atoms with van der Waals surface area (Å²) in [6.45, 7) is 2.06. The number of aliphatic carboxylic acids is 1. The first-order valence-electron chi connectivity index (χ1n) is 10.0. The Kier molecular flexibility index (Phi) is 6.09. The van der Waals surface area contributed by atoms with Gasteiger partial charge >= 0.3 is 12.1 Å². The lowest BCUT2D eigenvalue weighted by Crippen LogP contribution is -2.32. The number of hydrogen-bond acceptors (Lipinski definition) is 3. The number of fused-ring (bicyclic) bond motifs is 3. The predicted octanol–water partition coefficient (Wildman–Crippen LogP) is 5.81. The number of carboxylic acid groups (broad SMARTS) is 1. The molecule has 0 aliphatic heterocycles. The van der Waals surface area contributed by atoms with Crippen molar-refractivity contribution in [3.8, 4) is 11.1 Å². The minimum atomic E-state index is -0.994. The van der Waals surface area contributed by atoms with Crippen LogP contribution in [0.15, 0.2) is 71.2 Å². The Morgan fingerprint density at radius 3 is 2.23 bits per heavy atom. The maximum absolute atomic E-state index is 12.6. The van der Waals surface area contributed by atoms with E-state index in [1.54, 1.807) is 0 Å². The number of halogens is 1. The zero-order chi connectivity index (χ0) is 22.0. The summed E-state index contributed by atoms with van der Waals surface area (Å²) in [7, 11) is 0. The molecule has 0 radical (unpaired) electrons. The van der Waals surface area contributed by atoms with Gasteiger partial charge in [0.05, 0.1) is 12.5 Å². The van der Waals surface area contributed by atoms with E-state index in [4.69, 9.17) is 4.74 Å². The third kappa shape index (κ3) is 4.49. The van der Waals surface area contributed by atoms with Crippen molar-refractivity contribution in [2.45, 2.75) is 25.3 Å². The Hall–Kier alpha value is -3.12. The summed E-state index contributed by atoms with van der Waals surface area (Å²) in [5.74, 6) is -1.04. The van der Waals surface area contributed by atoms with E-state index in [1.807, 2.05) is 49.4 Å². The second-order valence-electron chi connectivity index (χ2n) is 7.62. The summed E-state index contributed by atoms with van der Waals surface area (Å²) in [5.41, 5.74) is 6.20. The molecule has 1 aliphatic carbocycles. The molecule has 0 saturated heterocycles. The van der Waals surface area contributed by atoms with Crippen LogP contribution in [0.25, 0.3) is 11.1 Å². The second kappa shape index (κ2) is 8.94. The Bertz CT molecular complexity index is 1100. The van der Waals surface area contributed by atoms with Gasteiger partial charge in [0.15, 0.2) is 0 Å². The van der Waals surface area contributed by atoms with Crippen LogP contribution < -0.4 is 5.32 Å². The van der Waals surface area contributed by atoms with Gasteiger partial charge in [-0.3, -0.25) is 4.79 Å². The molecule has 1 amide bonds. The third-order valence-corrected chi connectivity index (χ3v) is 6.12. The molecule has 31 heavy (non-hydrogen) atoms. The van der Waals surface area contributed by atoms with Crippen LogP contribution in [-0.4, -0.2) is 23.8 Å². The van der Waals surface area contributed by atoms with Gasteiger partial charge < -0.3 is 15.2 Å². The Labute approximate surface area is 189 Å². The van der Waals surface area contributed by atoms with Crippen molar-refractivity contribution in [2.75, 3.05) is 6.61 Å². The van der Waals surface area contributed by atoms with Crippen LogP contribution in [-0.2, 0) is 9.53 Å². The van der Waals surface area contributed by atoms with Gasteiger partial charge in [-0.25, -0.2) is 4.79 Å². The van der Waals surface area contributed by atoms with E-state index in [0.29, 0.717) is 0 Å². The quantitative estimate of drug-likeness (QED) is 0.467. The fraction of sp³-hybridized carbons (Fsp3) is 0.200. The molecule has 4 rings (SSSR count). The third-order valence-electron chi connectivity index (χ3n) is 5.62. The molecule has 5 nitrogen and oxygen atoms in total. The van der Waals surface area contributed by atoms with Crippen LogP contribution >= 0.6 is 15.9 Å². The van der Waals surface area contributed by atoms with Gasteiger partial charge in [0.1, 0.15) is 6.61 Å². The van der Waals surface area contributed by atoms with E-state index < -0.39 is 18.1 Å². The van der Waals surface area contributed by atoms with Gasteiger partial charge in [-0.05, 0) is 52.4 Å². The maximum Gasteiger partial charge on any atom is 0.407 e. The number of hydrogen-bond donors (Lipinski definition) is 2. The van der Waals surface area contributed by atoms with E-state index >= 15 is 0 Å². The van der Waals surface area contributed by atoms with Crippen LogP contribution in [0.5, 0.6) is 0 Å². The van der Waals surface area contributed by atoms with Crippen molar-refractivity contribution in [3.05, 3.63) is 93.5 Å². The summed E-state index contributed by atoms with van der Waals surface area (Å²) in [6.07, 6.45) is -0.859. The fourth-order valence-corrected chi connectivity index (χ4v) is 4.70. The van der Waals surface area contributed by atoms with Crippen molar-refractivity contribution >= 4 is 28.0 Å². The Morgan fingerprint density at radius 2 is 1.65 bits per heavy atom. The number of benzene rings is 3. The summed E-state index contributed by atoms with van der Waals surface area (Å²) in [4.78, 5) is 24.0. The summed E-state index contributed by atoms with van der Waals surface area (Å²) in [5, 5.41) is 12.1. The lowest BCUT2D eigenvalue weighted by molar-refractivity contribution is -0.137. The number of aryl methyl sites for hydroxylation is 1. The molecule has 3 aromatic rings. The van der Waals surface area contributed by atoms with E-state index in [0.717, 1.165) is 37.9 Å². The highest BCUT2D eigenvalue weighted by Crippen LogP contribution is 2.44. The zero-order valence-electron chi connectivity index (χ0n) is 17.0. The molecule has 1 aliphatic rings. The van der Waals surface area contributed by atoms with Crippen molar-refractivity contribution < 1.29 is 19.4 Å². The molecule has 0 spiro atoms. The van der Waals surface area contributed by atoms with Crippen LogP contribution in [0, 0.1) is 6.92 Å². The first-order chi connectivity index (χ1) is 14.9. The van der Waals surface area contributed by atoms with Crippen LogP contribution in [0.1, 0.15) is 40.6 Å². The van der Waals surface area contributed by atoms with Gasteiger partial charge in [0.2, 0.25) is 0 Å². The van der Waals surface area contributed by atoms with Crippen molar-refractivity contribution in [1.29, 1.82) is 0 Å². The molecule has 0 heterocycles. The monoisotopic (exact) mass is 479 g/mol. The first kappa shape index (κ1) is 21.1. The summed E-state index contributed by atoms with van der Waals surface area (Å²) in [6, 6.07) is 21.1. The molecule has 0 saturated carbocycles. The van der Waals surface area contributed by atoms with E-state index in [-0.39, 0.29) is 18.9 Å². The molecule has 2 N–H and O–H groups in total. The lowest BCUT2D eigenvalue weighted by Gasteiger charge is -2.21. The molecule has 0 bridgehead atoms. The van der Waals surface area contributed by atoms with Crippen molar-refractivity contribution in [1.82, 2.24) is 5.32 Å². The number of rotatable bonds is 6. The molecule has 3 aromatic carbocycles. The maximum atomic E-state index is 12.6. The van der Waals surface area contributed by atoms with E-state index in [1.165, 1.54) is 0 Å². The van der Waals surface area contributed by atoms with Gasteiger partial charge in [-0.2, -0.15) is 0 Å². The fourth-order valence-electron chi connectivity index (χ4n) is 4.23. The molecule has 0 unspecified atom stereocenters. The molecule has 0 fully saturated rings. The normalized spacial score (nSPS) is 13.2. The Morgan fingerprint density at radius 1 is 1.03 bits per heavy atom. The number of alkyl carbamates (subject to hydrolysis) is 1. The van der Waals surface area contributed by atoms with Gasteiger partial charge in [-0.1, -0.05) is 70.5 Å². The minimum absolute atomic E-state index is 0.0505. The predicted molar refractivity (Wildman–Crippen MR) is 122 cm³/mol. The lowest BCUT2D eigenvalue weighted by atomic mass is 9.98. The summed E-state index contributed by atoms with van der Waals surface area (Å²) >= 11 is 3.41. The highest BCUT2D eigenvalue weighted by atomic mass is 79.9. The number of ether oxygens (including phenoxy) is 1. The average Bonchev–Trinajstić information content (AvgIpc) is 3.05. The zero-order valence-corrected chi connectivity index (χ0v) is 18.6. The molecule has 0 aromatic heterocycles.